The molecule has 1 saturated carbocycles. The van der Waals surface area contributed by atoms with Crippen LogP contribution in [0.5, 0.6) is 0 Å². The van der Waals surface area contributed by atoms with Gasteiger partial charge in [0.05, 0.1) is 5.69 Å². The summed E-state index contributed by atoms with van der Waals surface area (Å²) in [5, 5.41) is 3.38. The zero-order valence-electron chi connectivity index (χ0n) is 12.7. The molecule has 1 aliphatic rings. The number of hydrogen-bond donors (Lipinski definition) is 3. The largest absolute Gasteiger partial charge is 0.379 e. The summed E-state index contributed by atoms with van der Waals surface area (Å²) in [6.45, 7) is 4.70. The topological polar surface area (TPSA) is 84.2 Å². The van der Waals surface area contributed by atoms with Gasteiger partial charge in [-0.15, -0.1) is 0 Å². The highest BCUT2D eigenvalue weighted by atomic mass is 32.2. The molecule has 4 N–H and O–H groups in total. The van der Waals surface area contributed by atoms with E-state index in [4.69, 9.17) is 5.73 Å². The van der Waals surface area contributed by atoms with E-state index in [0.29, 0.717) is 17.1 Å². The highest BCUT2D eigenvalue weighted by molar-refractivity contribution is 7.89. The zero-order chi connectivity index (χ0) is 15.5. The number of rotatable bonds is 8. The first-order valence-corrected chi connectivity index (χ1v) is 8.98. The molecule has 0 heterocycles. The van der Waals surface area contributed by atoms with Crippen LogP contribution in [-0.2, 0) is 10.0 Å². The van der Waals surface area contributed by atoms with Crippen LogP contribution in [0.25, 0.3) is 0 Å². The van der Waals surface area contributed by atoms with E-state index in [0.717, 1.165) is 25.7 Å². The van der Waals surface area contributed by atoms with Crippen LogP contribution in [0.1, 0.15) is 39.5 Å². The minimum atomic E-state index is -3.47. The Kier molecular flexibility index (Phi) is 4.91. The second-order valence-corrected chi connectivity index (χ2v) is 7.65. The summed E-state index contributed by atoms with van der Waals surface area (Å²) in [5.41, 5.74) is 6.10. The van der Waals surface area contributed by atoms with Gasteiger partial charge in [0.2, 0.25) is 10.0 Å². The fourth-order valence-electron chi connectivity index (χ4n) is 2.26. The molecule has 1 aromatic rings. The highest BCUT2D eigenvalue weighted by Crippen LogP contribution is 2.29. The molecule has 1 atom stereocenters. The molecule has 1 aliphatic carbocycles. The molecular formula is C15H25N3O2S. The Balaban J connectivity index is 2.28. The van der Waals surface area contributed by atoms with Crippen molar-refractivity contribution in [3.8, 4) is 0 Å². The van der Waals surface area contributed by atoms with Gasteiger partial charge in [-0.1, -0.05) is 19.1 Å². The molecule has 0 bridgehead atoms. The van der Waals surface area contributed by atoms with Crippen LogP contribution in [0.2, 0.25) is 0 Å². The Labute approximate surface area is 127 Å². The molecule has 1 aromatic carbocycles. The summed E-state index contributed by atoms with van der Waals surface area (Å²) in [5.74, 6) is 0. The van der Waals surface area contributed by atoms with Gasteiger partial charge in [-0.2, -0.15) is 0 Å². The van der Waals surface area contributed by atoms with Crippen molar-refractivity contribution in [3.05, 3.63) is 24.3 Å². The number of benzene rings is 1. The van der Waals surface area contributed by atoms with Gasteiger partial charge >= 0.3 is 0 Å². The molecule has 1 unspecified atom stereocenters. The molecule has 118 valence electrons. The van der Waals surface area contributed by atoms with Gasteiger partial charge in [-0.3, -0.25) is 0 Å². The van der Waals surface area contributed by atoms with Crippen LogP contribution in [0.15, 0.2) is 29.2 Å². The van der Waals surface area contributed by atoms with Gasteiger partial charge in [0.1, 0.15) is 4.90 Å². The van der Waals surface area contributed by atoms with Crippen molar-refractivity contribution < 1.29 is 8.42 Å². The summed E-state index contributed by atoms with van der Waals surface area (Å²) in [4.78, 5) is 0.314. The molecule has 0 radical (unpaired) electrons. The van der Waals surface area contributed by atoms with Crippen LogP contribution >= 0.6 is 0 Å². The van der Waals surface area contributed by atoms with Gasteiger partial charge in [-0.05, 0) is 51.3 Å². The average Bonchev–Trinajstić information content (AvgIpc) is 3.22. The molecule has 1 fully saturated rings. The third-order valence-corrected chi connectivity index (χ3v) is 5.57. The van der Waals surface area contributed by atoms with Gasteiger partial charge in [0.15, 0.2) is 0 Å². The van der Waals surface area contributed by atoms with E-state index >= 15 is 0 Å². The predicted octanol–water partition coefficient (Wildman–Crippen LogP) is 2.06. The molecular weight excluding hydrogens is 286 g/mol. The van der Waals surface area contributed by atoms with Crippen LogP contribution in [0.4, 0.5) is 5.69 Å². The van der Waals surface area contributed by atoms with Crippen molar-refractivity contribution in [1.29, 1.82) is 0 Å². The normalized spacial score (nSPS) is 18.2. The fraction of sp³-hybridized carbons (Fsp3) is 0.600. The lowest BCUT2D eigenvalue weighted by atomic mass is 9.94. The summed E-state index contributed by atoms with van der Waals surface area (Å²) in [6.07, 6.45) is 3.51. The third kappa shape index (κ3) is 4.18. The number of nitrogens with one attached hydrogen (secondary N) is 2. The predicted molar refractivity (Wildman–Crippen MR) is 85.8 cm³/mol. The maximum Gasteiger partial charge on any atom is 0.242 e. The summed E-state index contributed by atoms with van der Waals surface area (Å²) < 4.78 is 27.6. The number of hydrogen-bond acceptors (Lipinski definition) is 4. The van der Waals surface area contributed by atoms with Gasteiger partial charge < -0.3 is 11.1 Å². The monoisotopic (exact) mass is 311 g/mol. The van der Waals surface area contributed by atoms with Crippen LogP contribution in [0.3, 0.4) is 0 Å². The Bertz CT molecular complexity index is 584. The number of anilines is 1. The van der Waals surface area contributed by atoms with E-state index in [1.165, 1.54) is 0 Å². The van der Waals surface area contributed by atoms with E-state index in [9.17, 15) is 8.42 Å². The molecule has 2 rings (SSSR count). The van der Waals surface area contributed by atoms with Gasteiger partial charge in [0, 0.05) is 11.6 Å². The quantitative estimate of drug-likeness (QED) is 0.686. The maximum absolute atomic E-state index is 12.5. The Hall–Kier alpha value is -1.11. The van der Waals surface area contributed by atoms with Crippen LogP contribution < -0.4 is 15.8 Å². The van der Waals surface area contributed by atoms with Crippen LogP contribution in [-0.4, -0.2) is 26.5 Å². The lowest BCUT2D eigenvalue weighted by Gasteiger charge is -2.31. The molecule has 6 heteroatoms. The first-order valence-electron chi connectivity index (χ1n) is 7.50. The first-order chi connectivity index (χ1) is 9.90. The second-order valence-electron chi connectivity index (χ2n) is 5.97. The summed E-state index contributed by atoms with van der Waals surface area (Å²) in [6, 6.07) is 7.15. The highest BCUT2D eigenvalue weighted by Gasteiger charge is 2.30. The standard InChI is InChI=1S/C15H25N3O2S/c1-3-15(2,10-11-16)17-13-6-4-5-7-14(13)21(19,20)18-12-8-9-12/h4-7,12,17-18H,3,8-11,16H2,1-2H3. The maximum atomic E-state index is 12.5. The Morgan fingerprint density at radius 1 is 1.33 bits per heavy atom. The van der Waals surface area contributed by atoms with Crippen molar-refractivity contribution in [3.63, 3.8) is 0 Å². The van der Waals surface area contributed by atoms with Crippen LogP contribution in [0, 0.1) is 0 Å². The van der Waals surface area contributed by atoms with Crippen molar-refractivity contribution in [2.75, 3.05) is 11.9 Å². The SMILES string of the molecule is CCC(C)(CCN)Nc1ccccc1S(=O)(=O)NC1CC1. The van der Waals surface area contributed by atoms with Crippen molar-refractivity contribution >= 4 is 15.7 Å². The molecule has 0 aliphatic heterocycles. The minimum absolute atomic E-state index is 0.102. The molecule has 5 nitrogen and oxygen atoms in total. The molecule has 0 saturated heterocycles. The van der Waals surface area contributed by atoms with Crippen molar-refractivity contribution in [1.82, 2.24) is 4.72 Å². The van der Waals surface area contributed by atoms with Gasteiger partial charge in [0.25, 0.3) is 0 Å². The first kappa shape index (κ1) is 16.3. The second kappa shape index (κ2) is 6.34. The third-order valence-electron chi connectivity index (χ3n) is 3.99. The minimum Gasteiger partial charge on any atom is -0.379 e. The lowest BCUT2D eigenvalue weighted by Crippen LogP contribution is -2.37. The molecule has 0 spiro atoms. The van der Waals surface area contributed by atoms with Crippen molar-refractivity contribution in [2.24, 2.45) is 5.73 Å². The molecule has 21 heavy (non-hydrogen) atoms. The summed E-state index contributed by atoms with van der Waals surface area (Å²) >= 11 is 0. The molecule has 0 amide bonds. The van der Waals surface area contributed by atoms with E-state index < -0.39 is 10.0 Å². The number of sulfonamides is 1. The Morgan fingerprint density at radius 2 is 2.00 bits per heavy atom. The summed E-state index contributed by atoms with van der Waals surface area (Å²) in [7, 11) is -3.47. The Morgan fingerprint density at radius 3 is 2.57 bits per heavy atom. The van der Waals surface area contributed by atoms with E-state index in [1.54, 1.807) is 12.1 Å². The number of para-hydroxylation sites is 1. The molecule has 0 aromatic heterocycles. The van der Waals surface area contributed by atoms with Gasteiger partial charge in [-0.25, -0.2) is 13.1 Å². The smallest absolute Gasteiger partial charge is 0.242 e. The lowest BCUT2D eigenvalue weighted by molar-refractivity contribution is 0.462. The number of nitrogens with two attached hydrogens (primary N) is 1. The van der Waals surface area contributed by atoms with E-state index in [2.05, 4.69) is 23.9 Å². The fourth-order valence-corrected chi connectivity index (χ4v) is 3.73. The van der Waals surface area contributed by atoms with E-state index in [1.807, 2.05) is 12.1 Å². The zero-order valence-corrected chi connectivity index (χ0v) is 13.5. The van der Waals surface area contributed by atoms with Crippen molar-refractivity contribution in [2.45, 2.75) is 56.0 Å². The average molecular weight is 311 g/mol. The van der Waals surface area contributed by atoms with E-state index in [-0.39, 0.29) is 11.6 Å².